The Hall–Kier alpha value is -2.99. The van der Waals surface area contributed by atoms with Crippen LogP contribution in [0.25, 0.3) is 0 Å². The van der Waals surface area contributed by atoms with Gasteiger partial charge in [-0.05, 0) is 43.8 Å². The first-order valence-electron chi connectivity index (χ1n) is 9.84. The van der Waals surface area contributed by atoms with E-state index in [4.69, 9.17) is 0 Å². The van der Waals surface area contributed by atoms with Crippen molar-refractivity contribution in [2.75, 3.05) is 20.6 Å². The van der Waals surface area contributed by atoms with Crippen LogP contribution >= 0.6 is 0 Å². The zero-order valence-corrected chi connectivity index (χ0v) is 16.9. The molecule has 152 valence electrons. The number of nitrogens with zero attached hydrogens (tertiary/aromatic N) is 2. The van der Waals surface area contributed by atoms with Gasteiger partial charge in [-0.1, -0.05) is 42.5 Å². The average Bonchev–Trinajstić information content (AvgIpc) is 3.04. The Balaban J connectivity index is 1.55. The monoisotopic (exact) mass is 393 g/mol. The van der Waals surface area contributed by atoms with E-state index in [2.05, 4.69) is 22.3 Å². The molecule has 1 aliphatic rings. The number of nitrogens with one attached hydrogen (secondary N) is 1. The Bertz CT molecular complexity index is 847. The normalized spacial score (nSPS) is 15.1. The fourth-order valence-corrected chi connectivity index (χ4v) is 3.38. The van der Waals surface area contributed by atoms with Gasteiger partial charge < -0.3 is 10.2 Å². The number of imide groups is 1. The Morgan fingerprint density at radius 2 is 1.59 bits per heavy atom. The largest absolute Gasteiger partial charge is 0.350 e. The molecule has 1 unspecified atom stereocenters. The van der Waals surface area contributed by atoms with Crippen molar-refractivity contribution in [1.82, 2.24) is 15.1 Å². The highest BCUT2D eigenvalue weighted by Crippen LogP contribution is 2.16. The smallest absolute Gasteiger partial charge is 0.251 e. The molecule has 0 saturated carbocycles. The number of hydrogen-bond acceptors (Lipinski definition) is 4. The number of likely N-dealkylation sites (N-methyl/N-ethyl adjacent to an activating group) is 1. The summed E-state index contributed by atoms with van der Waals surface area (Å²) >= 11 is 0. The third kappa shape index (κ3) is 5.51. The molecule has 1 N–H and O–H groups in total. The maximum atomic E-state index is 12.5. The van der Waals surface area contributed by atoms with E-state index in [0.717, 1.165) is 12.0 Å². The third-order valence-electron chi connectivity index (χ3n) is 5.25. The fourth-order valence-electron chi connectivity index (χ4n) is 3.38. The van der Waals surface area contributed by atoms with E-state index in [1.807, 2.05) is 32.3 Å². The fraction of sp³-hybridized carbons (Fsp3) is 0.348. The topological polar surface area (TPSA) is 69.7 Å². The van der Waals surface area contributed by atoms with E-state index in [-0.39, 0.29) is 43.1 Å². The molecule has 2 aromatic carbocycles. The summed E-state index contributed by atoms with van der Waals surface area (Å²) in [6, 6.07) is 17.5. The molecule has 1 aliphatic heterocycles. The number of carbonyl (C=O) groups excluding carboxylic acids is 3. The second-order valence-corrected chi connectivity index (χ2v) is 7.59. The summed E-state index contributed by atoms with van der Waals surface area (Å²) in [7, 11) is 4.02. The lowest BCUT2D eigenvalue weighted by Crippen LogP contribution is -2.41. The lowest BCUT2D eigenvalue weighted by molar-refractivity contribution is -0.139. The molecule has 3 rings (SSSR count). The van der Waals surface area contributed by atoms with Crippen molar-refractivity contribution in [3.05, 3.63) is 71.3 Å². The molecule has 29 heavy (non-hydrogen) atoms. The summed E-state index contributed by atoms with van der Waals surface area (Å²) in [5.41, 5.74) is 2.63. The molecule has 6 heteroatoms. The zero-order valence-electron chi connectivity index (χ0n) is 16.9. The van der Waals surface area contributed by atoms with Crippen molar-refractivity contribution in [1.29, 1.82) is 0 Å². The van der Waals surface area contributed by atoms with E-state index in [9.17, 15) is 14.4 Å². The number of likely N-dealkylation sites (tertiary alicyclic amines) is 1. The number of rotatable bonds is 8. The third-order valence-corrected chi connectivity index (χ3v) is 5.25. The predicted octanol–water partition coefficient (Wildman–Crippen LogP) is 2.24. The lowest BCUT2D eigenvalue weighted by atomic mass is 10.0. The van der Waals surface area contributed by atoms with Gasteiger partial charge in [0.05, 0.1) is 6.54 Å². The zero-order chi connectivity index (χ0) is 20.8. The highest BCUT2D eigenvalue weighted by Gasteiger charge is 2.28. The molecule has 0 spiro atoms. The van der Waals surface area contributed by atoms with E-state index in [0.29, 0.717) is 12.1 Å². The van der Waals surface area contributed by atoms with Gasteiger partial charge in [-0.3, -0.25) is 19.3 Å². The molecule has 6 nitrogen and oxygen atoms in total. The van der Waals surface area contributed by atoms with Gasteiger partial charge in [-0.2, -0.15) is 0 Å². The maximum Gasteiger partial charge on any atom is 0.251 e. The van der Waals surface area contributed by atoms with E-state index < -0.39 is 0 Å². The standard InChI is InChI=1S/C23H27N3O3/c1-25(2)20(14-17-6-4-3-5-7-17)15-24-23(29)19-10-8-18(9-11-19)16-26-21(27)12-13-22(26)28/h3-11,20H,12-16H2,1-2H3,(H,24,29). The SMILES string of the molecule is CN(C)C(CNC(=O)c1ccc(CN2C(=O)CCC2=O)cc1)Cc1ccccc1. The average molecular weight is 393 g/mol. The maximum absolute atomic E-state index is 12.5. The van der Waals surface area contributed by atoms with Gasteiger partial charge in [0.25, 0.3) is 5.91 Å². The van der Waals surface area contributed by atoms with Crippen LogP contribution in [0, 0.1) is 0 Å². The highest BCUT2D eigenvalue weighted by molar-refractivity contribution is 6.01. The van der Waals surface area contributed by atoms with Crippen LogP contribution in [0.3, 0.4) is 0 Å². The van der Waals surface area contributed by atoms with E-state index in [1.54, 1.807) is 24.3 Å². The number of hydrogen-bond donors (Lipinski definition) is 1. The van der Waals surface area contributed by atoms with Gasteiger partial charge in [0.1, 0.15) is 0 Å². The Labute approximate surface area is 171 Å². The predicted molar refractivity (Wildman–Crippen MR) is 111 cm³/mol. The van der Waals surface area contributed by atoms with Gasteiger partial charge in [0, 0.05) is 31.0 Å². The molecule has 1 fully saturated rings. The van der Waals surface area contributed by atoms with Crippen LogP contribution in [0.5, 0.6) is 0 Å². The summed E-state index contributed by atoms with van der Waals surface area (Å²) < 4.78 is 0. The summed E-state index contributed by atoms with van der Waals surface area (Å²) in [4.78, 5) is 39.4. The van der Waals surface area contributed by atoms with Gasteiger partial charge >= 0.3 is 0 Å². The molecule has 0 aromatic heterocycles. The Morgan fingerprint density at radius 3 is 2.17 bits per heavy atom. The van der Waals surface area contributed by atoms with Gasteiger partial charge in [-0.25, -0.2) is 0 Å². The van der Waals surface area contributed by atoms with Crippen molar-refractivity contribution in [2.45, 2.75) is 31.8 Å². The van der Waals surface area contributed by atoms with Crippen molar-refractivity contribution in [3.63, 3.8) is 0 Å². The van der Waals surface area contributed by atoms with E-state index in [1.165, 1.54) is 10.5 Å². The van der Waals surface area contributed by atoms with Crippen LogP contribution in [0.15, 0.2) is 54.6 Å². The van der Waals surface area contributed by atoms with Gasteiger partial charge in [0.15, 0.2) is 0 Å². The van der Waals surface area contributed by atoms with Crippen molar-refractivity contribution < 1.29 is 14.4 Å². The summed E-state index contributed by atoms with van der Waals surface area (Å²) in [5.74, 6) is -0.403. The molecular weight excluding hydrogens is 366 g/mol. The number of amides is 3. The quantitative estimate of drug-likeness (QED) is 0.699. The minimum atomic E-state index is -0.134. The van der Waals surface area contributed by atoms with Crippen LogP contribution in [0.1, 0.15) is 34.3 Å². The van der Waals surface area contributed by atoms with Crippen molar-refractivity contribution in [2.24, 2.45) is 0 Å². The first kappa shape index (κ1) is 20.7. The van der Waals surface area contributed by atoms with Crippen LogP contribution in [0.2, 0.25) is 0 Å². The molecule has 0 aliphatic carbocycles. The molecular formula is C23H27N3O3. The molecule has 0 bridgehead atoms. The highest BCUT2D eigenvalue weighted by atomic mass is 16.2. The van der Waals surface area contributed by atoms with Crippen LogP contribution in [-0.2, 0) is 22.6 Å². The van der Waals surface area contributed by atoms with Gasteiger partial charge in [-0.15, -0.1) is 0 Å². The second kappa shape index (κ2) is 9.47. The van der Waals surface area contributed by atoms with Crippen molar-refractivity contribution >= 4 is 17.7 Å². The Morgan fingerprint density at radius 1 is 0.966 bits per heavy atom. The summed E-state index contributed by atoms with van der Waals surface area (Å²) in [5, 5.41) is 3.01. The van der Waals surface area contributed by atoms with Crippen molar-refractivity contribution in [3.8, 4) is 0 Å². The first-order valence-corrected chi connectivity index (χ1v) is 9.84. The Kier molecular flexibility index (Phi) is 6.77. The molecule has 3 amide bonds. The van der Waals surface area contributed by atoms with Crippen LogP contribution in [-0.4, -0.2) is 54.2 Å². The molecule has 0 radical (unpaired) electrons. The van der Waals surface area contributed by atoms with Crippen LogP contribution < -0.4 is 5.32 Å². The first-order chi connectivity index (χ1) is 13.9. The molecule has 1 atom stereocenters. The van der Waals surface area contributed by atoms with Gasteiger partial charge in [0.2, 0.25) is 11.8 Å². The number of carbonyl (C=O) groups is 3. The lowest BCUT2D eigenvalue weighted by Gasteiger charge is -2.25. The molecule has 1 heterocycles. The molecule has 2 aromatic rings. The minimum Gasteiger partial charge on any atom is -0.350 e. The van der Waals surface area contributed by atoms with Crippen LogP contribution in [0.4, 0.5) is 0 Å². The summed E-state index contributed by atoms with van der Waals surface area (Å²) in [6.45, 7) is 0.804. The second-order valence-electron chi connectivity index (χ2n) is 7.59. The minimum absolute atomic E-state index is 0.134. The summed E-state index contributed by atoms with van der Waals surface area (Å²) in [6.07, 6.45) is 1.43. The number of benzene rings is 2. The van der Waals surface area contributed by atoms with E-state index >= 15 is 0 Å². The molecule has 1 saturated heterocycles.